The molecular weight excluding hydrogens is 260 g/mol. The molecular formula is C19H34S. The molecule has 1 aromatic rings. The molecule has 0 fully saturated rings. The minimum atomic E-state index is 0.283. The summed E-state index contributed by atoms with van der Waals surface area (Å²) in [6.45, 7) is 16.3. The van der Waals surface area contributed by atoms with Gasteiger partial charge in [-0.1, -0.05) is 74.1 Å². The molecule has 0 nitrogen and oxygen atoms in total. The van der Waals surface area contributed by atoms with E-state index >= 15 is 0 Å². The number of unbranched alkanes of at least 4 members (excludes halogenated alkanes) is 4. The Hall–Kier alpha value is -0.300. The molecule has 0 saturated carbocycles. The van der Waals surface area contributed by atoms with Crippen molar-refractivity contribution in [1.82, 2.24) is 0 Å². The van der Waals surface area contributed by atoms with Crippen molar-refractivity contribution in [3.8, 4) is 0 Å². The lowest BCUT2D eigenvalue weighted by Crippen LogP contribution is -2.11. The van der Waals surface area contributed by atoms with Crippen LogP contribution in [0.15, 0.2) is 6.07 Å². The Morgan fingerprint density at radius 2 is 1.45 bits per heavy atom. The molecule has 0 radical (unpaired) electrons. The van der Waals surface area contributed by atoms with Crippen LogP contribution in [0.3, 0.4) is 0 Å². The Morgan fingerprint density at radius 1 is 0.850 bits per heavy atom. The fourth-order valence-corrected chi connectivity index (χ4v) is 3.86. The standard InChI is InChI=1S/C19H34S/c1-8-9-10-11-12-13-15-14-16(18(2,3)4)20-17(15)19(5,6)7/h14H,8-13H2,1-7H3. The molecule has 0 aliphatic carbocycles. The van der Waals surface area contributed by atoms with Gasteiger partial charge in [-0.25, -0.2) is 0 Å². The number of thiophene rings is 1. The van der Waals surface area contributed by atoms with E-state index in [1.807, 2.05) is 11.3 Å². The lowest BCUT2D eigenvalue weighted by atomic mass is 9.88. The van der Waals surface area contributed by atoms with Crippen molar-refractivity contribution in [2.45, 2.75) is 97.8 Å². The number of hydrogen-bond acceptors (Lipinski definition) is 1. The third-order valence-electron chi connectivity index (χ3n) is 3.78. The van der Waals surface area contributed by atoms with Gasteiger partial charge < -0.3 is 0 Å². The predicted octanol–water partition coefficient (Wildman–Crippen LogP) is 6.86. The number of rotatable bonds is 6. The Balaban J connectivity index is 2.80. The largest absolute Gasteiger partial charge is 0.144 e. The van der Waals surface area contributed by atoms with Crippen LogP contribution >= 0.6 is 11.3 Å². The summed E-state index contributed by atoms with van der Waals surface area (Å²) in [5.74, 6) is 0. The van der Waals surface area contributed by atoms with Gasteiger partial charge in [-0.15, -0.1) is 11.3 Å². The molecule has 0 atom stereocenters. The number of hydrogen-bond donors (Lipinski definition) is 0. The van der Waals surface area contributed by atoms with E-state index in [9.17, 15) is 0 Å². The molecule has 0 saturated heterocycles. The lowest BCUT2D eigenvalue weighted by Gasteiger charge is -2.19. The number of aryl methyl sites for hydroxylation is 1. The first-order valence-corrected chi connectivity index (χ1v) is 9.11. The van der Waals surface area contributed by atoms with Crippen molar-refractivity contribution >= 4 is 11.3 Å². The minimum absolute atomic E-state index is 0.283. The average Bonchev–Trinajstić information content (AvgIpc) is 2.72. The minimum Gasteiger partial charge on any atom is -0.144 e. The molecule has 0 aliphatic heterocycles. The molecule has 20 heavy (non-hydrogen) atoms. The highest BCUT2D eigenvalue weighted by Gasteiger charge is 2.25. The summed E-state index contributed by atoms with van der Waals surface area (Å²) in [5.41, 5.74) is 2.18. The van der Waals surface area contributed by atoms with Crippen LogP contribution in [0.2, 0.25) is 0 Å². The third-order valence-corrected chi connectivity index (χ3v) is 5.81. The molecule has 1 aromatic heterocycles. The van der Waals surface area contributed by atoms with Crippen LogP contribution in [0.4, 0.5) is 0 Å². The van der Waals surface area contributed by atoms with Gasteiger partial charge in [0.15, 0.2) is 0 Å². The van der Waals surface area contributed by atoms with Gasteiger partial charge in [0.2, 0.25) is 0 Å². The Labute approximate surface area is 131 Å². The van der Waals surface area contributed by atoms with Crippen molar-refractivity contribution in [3.05, 3.63) is 21.4 Å². The van der Waals surface area contributed by atoms with Crippen LogP contribution in [0.5, 0.6) is 0 Å². The van der Waals surface area contributed by atoms with Gasteiger partial charge in [0, 0.05) is 9.75 Å². The summed E-state index contributed by atoms with van der Waals surface area (Å²) in [7, 11) is 0. The molecule has 1 heterocycles. The second-order valence-corrected chi connectivity index (χ2v) is 9.18. The normalized spacial score (nSPS) is 12.9. The van der Waals surface area contributed by atoms with E-state index in [0.717, 1.165) is 0 Å². The van der Waals surface area contributed by atoms with Crippen molar-refractivity contribution in [3.63, 3.8) is 0 Å². The van der Waals surface area contributed by atoms with Crippen LogP contribution < -0.4 is 0 Å². The maximum atomic E-state index is 2.49. The molecule has 0 amide bonds. The zero-order chi connectivity index (χ0) is 15.4. The quantitative estimate of drug-likeness (QED) is 0.503. The van der Waals surface area contributed by atoms with Gasteiger partial charge in [-0.3, -0.25) is 0 Å². The van der Waals surface area contributed by atoms with Gasteiger partial charge >= 0.3 is 0 Å². The Kier molecular flexibility index (Phi) is 6.31. The van der Waals surface area contributed by atoms with Crippen molar-refractivity contribution < 1.29 is 0 Å². The van der Waals surface area contributed by atoms with Gasteiger partial charge in [0.25, 0.3) is 0 Å². The van der Waals surface area contributed by atoms with Crippen molar-refractivity contribution in [2.75, 3.05) is 0 Å². The van der Waals surface area contributed by atoms with E-state index in [-0.39, 0.29) is 10.8 Å². The summed E-state index contributed by atoms with van der Waals surface area (Å²) in [6.07, 6.45) is 8.13. The molecule has 116 valence electrons. The van der Waals surface area contributed by atoms with E-state index in [4.69, 9.17) is 0 Å². The topological polar surface area (TPSA) is 0 Å². The molecule has 1 rings (SSSR count). The zero-order valence-corrected chi connectivity index (χ0v) is 15.5. The van der Waals surface area contributed by atoms with Crippen LogP contribution in [0.25, 0.3) is 0 Å². The van der Waals surface area contributed by atoms with Crippen molar-refractivity contribution in [2.24, 2.45) is 0 Å². The lowest BCUT2D eigenvalue weighted by molar-refractivity contribution is 0.587. The smallest absolute Gasteiger partial charge is 0.0134 e. The Bertz CT molecular complexity index is 398. The van der Waals surface area contributed by atoms with E-state index in [2.05, 4.69) is 54.5 Å². The molecule has 0 N–H and O–H groups in total. The fourth-order valence-electron chi connectivity index (χ4n) is 2.54. The van der Waals surface area contributed by atoms with Gasteiger partial charge in [-0.2, -0.15) is 0 Å². The maximum Gasteiger partial charge on any atom is 0.0134 e. The highest BCUT2D eigenvalue weighted by molar-refractivity contribution is 7.12. The van der Waals surface area contributed by atoms with Gasteiger partial charge in [0.1, 0.15) is 0 Å². The predicted molar refractivity (Wildman–Crippen MR) is 94.2 cm³/mol. The molecule has 0 aliphatic rings. The summed E-state index contributed by atoms with van der Waals surface area (Å²) in [6, 6.07) is 2.49. The summed E-state index contributed by atoms with van der Waals surface area (Å²) >= 11 is 2.04. The fraction of sp³-hybridized carbons (Fsp3) is 0.789. The Morgan fingerprint density at radius 3 is 1.95 bits per heavy atom. The molecule has 1 heteroatoms. The second-order valence-electron chi connectivity index (χ2n) is 8.13. The van der Waals surface area contributed by atoms with Crippen LogP contribution in [0.1, 0.15) is 95.9 Å². The van der Waals surface area contributed by atoms with Crippen LogP contribution in [-0.2, 0) is 17.3 Å². The molecule has 0 aromatic carbocycles. The van der Waals surface area contributed by atoms with E-state index < -0.39 is 0 Å². The summed E-state index contributed by atoms with van der Waals surface area (Å²) in [5, 5.41) is 0. The SMILES string of the molecule is CCCCCCCc1cc(C(C)(C)C)sc1C(C)(C)C. The van der Waals surface area contributed by atoms with Crippen molar-refractivity contribution in [1.29, 1.82) is 0 Å². The summed E-state index contributed by atoms with van der Waals surface area (Å²) in [4.78, 5) is 3.16. The molecule has 0 unspecified atom stereocenters. The third kappa shape index (κ3) is 5.24. The molecule has 0 bridgehead atoms. The second kappa shape index (κ2) is 7.11. The van der Waals surface area contributed by atoms with Crippen LogP contribution in [0, 0.1) is 0 Å². The van der Waals surface area contributed by atoms with E-state index in [1.165, 1.54) is 38.5 Å². The first-order chi connectivity index (χ1) is 9.16. The van der Waals surface area contributed by atoms with E-state index in [0.29, 0.717) is 0 Å². The first kappa shape index (κ1) is 17.8. The van der Waals surface area contributed by atoms with E-state index in [1.54, 1.807) is 15.3 Å². The zero-order valence-electron chi connectivity index (χ0n) is 14.7. The highest BCUT2D eigenvalue weighted by Crippen LogP contribution is 2.39. The highest BCUT2D eigenvalue weighted by atomic mass is 32.1. The summed E-state index contributed by atoms with van der Waals surface area (Å²) < 4.78 is 0. The first-order valence-electron chi connectivity index (χ1n) is 8.30. The average molecular weight is 295 g/mol. The van der Waals surface area contributed by atoms with Crippen LogP contribution in [-0.4, -0.2) is 0 Å². The maximum absolute atomic E-state index is 2.49. The van der Waals surface area contributed by atoms with Gasteiger partial charge in [-0.05, 0) is 35.3 Å². The monoisotopic (exact) mass is 294 g/mol. The van der Waals surface area contributed by atoms with Gasteiger partial charge in [0.05, 0.1) is 0 Å². The molecule has 0 spiro atoms.